The second-order valence-electron chi connectivity index (χ2n) is 7.04. The van der Waals surface area contributed by atoms with Crippen LogP contribution in [0.5, 0.6) is 0 Å². The van der Waals surface area contributed by atoms with Gasteiger partial charge in [-0.1, -0.05) is 18.2 Å². The summed E-state index contributed by atoms with van der Waals surface area (Å²) >= 11 is 0. The second-order valence-corrected chi connectivity index (χ2v) is 7.04. The Balaban J connectivity index is 1.50. The molecule has 1 aliphatic heterocycles. The standard InChI is InChI=1S/C21H24F3N3O/c1-26-11-13-27(14-12-26)19-7-5-16(6-8-19)9-10-25-20(28)17-3-2-4-18(15-17)21(22,23)24/h2-8,15H,9-14H2,1H3,(H,25,28). The van der Waals surface area contributed by atoms with E-state index in [2.05, 4.69) is 34.3 Å². The number of likely N-dealkylation sites (N-methyl/N-ethyl adjacent to an activating group) is 1. The fourth-order valence-electron chi connectivity index (χ4n) is 3.20. The highest BCUT2D eigenvalue weighted by atomic mass is 19.4. The summed E-state index contributed by atoms with van der Waals surface area (Å²) in [4.78, 5) is 16.8. The van der Waals surface area contributed by atoms with Crippen molar-refractivity contribution in [1.29, 1.82) is 0 Å². The summed E-state index contributed by atoms with van der Waals surface area (Å²) in [6, 6.07) is 12.7. The lowest BCUT2D eigenvalue weighted by Crippen LogP contribution is -2.44. The van der Waals surface area contributed by atoms with Crippen LogP contribution in [0.15, 0.2) is 48.5 Å². The number of nitrogens with one attached hydrogen (secondary N) is 1. The fourth-order valence-corrected chi connectivity index (χ4v) is 3.20. The van der Waals surface area contributed by atoms with Crippen LogP contribution in [0, 0.1) is 0 Å². The van der Waals surface area contributed by atoms with Crippen LogP contribution in [0.25, 0.3) is 0 Å². The van der Waals surface area contributed by atoms with Gasteiger partial charge in [0.05, 0.1) is 5.56 Å². The number of carbonyl (C=O) groups is 1. The third-order valence-corrected chi connectivity index (χ3v) is 4.96. The van der Waals surface area contributed by atoms with Crippen LogP contribution in [-0.2, 0) is 12.6 Å². The van der Waals surface area contributed by atoms with Crippen molar-refractivity contribution in [2.24, 2.45) is 0 Å². The number of hydrogen-bond acceptors (Lipinski definition) is 3. The van der Waals surface area contributed by atoms with Gasteiger partial charge < -0.3 is 15.1 Å². The van der Waals surface area contributed by atoms with Crippen molar-refractivity contribution in [1.82, 2.24) is 10.2 Å². The van der Waals surface area contributed by atoms with Crippen LogP contribution in [0.1, 0.15) is 21.5 Å². The minimum Gasteiger partial charge on any atom is -0.369 e. The maximum absolute atomic E-state index is 12.8. The minimum absolute atomic E-state index is 0.0141. The van der Waals surface area contributed by atoms with E-state index in [0.717, 1.165) is 43.9 Å². The number of alkyl halides is 3. The maximum atomic E-state index is 12.8. The Kier molecular flexibility index (Phi) is 6.24. The van der Waals surface area contributed by atoms with Crippen molar-refractivity contribution in [3.63, 3.8) is 0 Å². The summed E-state index contributed by atoms with van der Waals surface area (Å²) in [6.07, 6.45) is -3.84. The molecule has 4 nitrogen and oxygen atoms in total. The van der Waals surface area contributed by atoms with Gasteiger partial charge in [-0.05, 0) is 49.4 Å². The number of anilines is 1. The molecule has 1 saturated heterocycles. The lowest BCUT2D eigenvalue weighted by atomic mass is 10.1. The predicted octanol–water partition coefficient (Wildman–Crippen LogP) is 3.43. The van der Waals surface area contributed by atoms with Gasteiger partial charge in [0.15, 0.2) is 0 Å². The number of nitrogens with zero attached hydrogens (tertiary/aromatic N) is 2. The molecule has 0 unspecified atom stereocenters. The molecule has 1 amide bonds. The van der Waals surface area contributed by atoms with Gasteiger partial charge in [-0.15, -0.1) is 0 Å². The zero-order chi connectivity index (χ0) is 20.1. The van der Waals surface area contributed by atoms with E-state index < -0.39 is 17.6 Å². The molecular formula is C21H24F3N3O. The van der Waals surface area contributed by atoms with Gasteiger partial charge in [-0.3, -0.25) is 4.79 Å². The van der Waals surface area contributed by atoms with Gasteiger partial charge in [0.1, 0.15) is 0 Å². The number of amides is 1. The lowest BCUT2D eigenvalue weighted by Gasteiger charge is -2.34. The van der Waals surface area contributed by atoms with Crippen molar-refractivity contribution < 1.29 is 18.0 Å². The molecule has 1 aliphatic rings. The fraction of sp³-hybridized carbons (Fsp3) is 0.381. The number of benzene rings is 2. The Morgan fingerprint density at radius 3 is 2.36 bits per heavy atom. The molecule has 0 saturated carbocycles. The summed E-state index contributed by atoms with van der Waals surface area (Å²) in [5, 5.41) is 2.69. The molecule has 2 aromatic rings. The highest BCUT2D eigenvalue weighted by Gasteiger charge is 2.30. The Morgan fingerprint density at radius 1 is 1.04 bits per heavy atom. The minimum atomic E-state index is -4.46. The largest absolute Gasteiger partial charge is 0.416 e. The summed E-state index contributed by atoms with van der Waals surface area (Å²) in [5.74, 6) is -0.500. The first-order valence-electron chi connectivity index (χ1n) is 9.31. The van der Waals surface area contributed by atoms with E-state index in [9.17, 15) is 18.0 Å². The topological polar surface area (TPSA) is 35.6 Å². The molecule has 0 spiro atoms. The molecule has 3 rings (SSSR count). The number of piperazine rings is 1. The highest BCUT2D eigenvalue weighted by molar-refractivity contribution is 5.94. The third-order valence-electron chi connectivity index (χ3n) is 4.96. The molecule has 0 bridgehead atoms. The van der Waals surface area contributed by atoms with E-state index in [1.54, 1.807) is 0 Å². The van der Waals surface area contributed by atoms with Crippen LogP contribution in [0.2, 0.25) is 0 Å². The first-order chi connectivity index (χ1) is 13.3. The Morgan fingerprint density at radius 2 is 1.71 bits per heavy atom. The maximum Gasteiger partial charge on any atom is 0.416 e. The molecule has 0 radical (unpaired) electrons. The van der Waals surface area contributed by atoms with Gasteiger partial charge in [0.25, 0.3) is 5.91 Å². The molecular weight excluding hydrogens is 367 g/mol. The Hall–Kier alpha value is -2.54. The van der Waals surface area contributed by atoms with Crippen molar-refractivity contribution in [3.8, 4) is 0 Å². The van der Waals surface area contributed by atoms with Crippen LogP contribution in [0.4, 0.5) is 18.9 Å². The number of halogens is 3. The van der Waals surface area contributed by atoms with E-state index in [1.807, 2.05) is 12.1 Å². The summed E-state index contributed by atoms with van der Waals surface area (Å²) < 4.78 is 38.3. The van der Waals surface area contributed by atoms with Crippen LogP contribution >= 0.6 is 0 Å². The van der Waals surface area contributed by atoms with Gasteiger partial charge in [0, 0.05) is 44.0 Å². The van der Waals surface area contributed by atoms with Crippen LogP contribution < -0.4 is 10.2 Å². The predicted molar refractivity (Wildman–Crippen MR) is 104 cm³/mol. The van der Waals surface area contributed by atoms with E-state index in [-0.39, 0.29) is 5.56 Å². The molecule has 28 heavy (non-hydrogen) atoms. The van der Waals surface area contributed by atoms with Crippen molar-refractivity contribution in [2.45, 2.75) is 12.6 Å². The molecule has 0 aromatic heterocycles. The number of rotatable bonds is 5. The first kappa shape index (κ1) is 20.2. The Bertz CT molecular complexity index is 797. The number of hydrogen-bond donors (Lipinski definition) is 1. The van der Waals surface area contributed by atoms with Gasteiger partial charge in [-0.2, -0.15) is 13.2 Å². The van der Waals surface area contributed by atoms with Gasteiger partial charge >= 0.3 is 6.18 Å². The normalized spacial score (nSPS) is 15.5. The molecule has 2 aromatic carbocycles. The van der Waals surface area contributed by atoms with E-state index >= 15 is 0 Å². The zero-order valence-corrected chi connectivity index (χ0v) is 15.8. The molecule has 1 heterocycles. The van der Waals surface area contributed by atoms with Crippen molar-refractivity contribution in [3.05, 3.63) is 65.2 Å². The molecule has 0 atom stereocenters. The van der Waals surface area contributed by atoms with Crippen LogP contribution in [0.3, 0.4) is 0 Å². The molecule has 1 fully saturated rings. The summed E-state index contributed by atoms with van der Waals surface area (Å²) in [6.45, 7) is 4.46. The molecule has 1 N–H and O–H groups in total. The van der Waals surface area contributed by atoms with Crippen molar-refractivity contribution in [2.75, 3.05) is 44.7 Å². The lowest BCUT2D eigenvalue weighted by molar-refractivity contribution is -0.137. The van der Waals surface area contributed by atoms with Gasteiger partial charge in [-0.25, -0.2) is 0 Å². The number of carbonyl (C=O) groups excluding carboxylic acids is 1. The smallest absolute Gasteiger partial charge is 0.369 e. The summed E-state index contributed by atoms with van der Waals surface area (Å²) in [7, 11) is 2.12. The first-order valence-corrected chi connectivity index (χ1v) is 9.31. The van der Waals surface area contributed by atoms with E-state index in [4.69, 9.17) is 0 Å². The van der Waals surface area contributed by atoms with Crippen molar-refractivity contribution >= 4 is 11.6 Å². The highest BCUT2D eigenvalue weighted by Crippen LogP contribution is 2.29. The molecule has 7 heteroatoms. The average Bonchev–Trinajstić information content (AvgIpc) is 2.68. The van der Waals surface area contributed by atoms with E-state index in [1.165, 1.54) is 17.8 Å². The SMILES string of the molecule is CN1CCN(c2ccc(CCNC(=O)c3cccc(C(F)(F)F)c3)cc2)CC1. The molecule has 0 aliphatic carbocycles. The summed E-state index contributed by atoms with van der Waals surface area (Å²) in [5.41, 5.74) is 1.45. The Labute approximate surface area is 162 Å². The quantitative estimate of drug-likeness (QED) is 0.848. The average molecular weight is 391 g/mol. The second kappa shape index (κ2) is 8.65. The van der Waals surface area contributed by atoms with Crippen LogP contribution in [-0.4, -0.2) is 50.6 Å². The molecule has 150 valence electrons. The zero-order valence-electron chi connectivity index (χ0n) is 15.8. The third kappa shape index (κ3) is 5.25. The van der Waals surface area contributed by atoms with Gasteiger partial charge in [0.2, 0.25) is 0 Å². The monoisotopic (exact) mass is 391 g/mol. The van der Waals surface area contributed by atoms with E-state index in [0.29, 0.717) is 13.0 Å².